The summed E-state index contributed by atoms with van der Waals surface area (Å²) in [5.41, 5.74) is 0. The van der Waals surface area contributed by atoms with Gasteiger partial charge in [0.25, 0.3) is 0 Å². The lowest BCUT2D eigenvalue weighted by molar-refractivity contribution is -0.140. The maximum absolute atomic E-state index is 13.5. The lowest BCUT2D eigenvalue weighted by Gasteiger charge is -2.25. The highest BCUT2D eigenvalue weighted by Gasteiger charge is 2.30. The summed E-state index contributed by atoms with van der Waals surface area (Å²) in [4.78, 5) is 121. The number of ether oxygens (including phenoxy) is 4. The highest BCUT2D eigenvalue weighted by molar-refractivity contribution is 5.94. The predicted octanol–water partition coefficient (Wildman–Crippen LogP) is 3.03. The molecule has 0 fully saturated rings. The average molecular weight is 1020 g/mol. The summed E-state index contributed by atoms with van der Waals surface area (Å²) in [6.45, 7) is 2.15. The van der Waals surface area contributed by atoms with E-state index in [-0.39, 0.29) is 103 Å². The van der Waals surface area contributed by atoms with Gasteiger partial charge in [0.2, 0.25) is 29.5 Å². The van der Waals surface area contributed by atoms with Gasteiger partial charge in [0.1, 0.15) is 31.3 Å². The van der Waals surface area contributed by atoms with Gasteiger partial charge in [0, 0.05) is 45.2 Å². The van der Waals surface area contributed by atoms with Crippen LogP contribution in [-0.4, -0.2) is 164 Å². The standard InChI is InChI=1S/C48H83N5O18/c1-36(54)34-70-32-30-68-28-26-49-41(56)35-71-33-31-69-29-27-50-46(65)37(20-23-43(59)60)52-48(67)39(22-25-45(63)64)53-47(66)38(21-24-44(61)62)51-40(55)18-16-14-12-10-8-6-4-2-3-5-7-9-11-13-15-17-19-42(57)58/h37-39H,2-35H2,1H3,(H,49,56)(H,50,65)(H,51,55)(H,52,67)(H,53,66)(H,57,58)(H,59,60)(H,61,62)(H,63,64)/t37-,38-,39-/m0/s1. The van der Waals surface area contributed by atoms with Crippen molar-refractivity contribution in [3.8, 4) is 0 Å². The van der Waals surface area contributed by atoms with E-state index in [1.54, 1.807) is 0 Å². The fraction of sp³-hybridized carbons (Fsp3) is 0.792. The summed E-state index contributed by atoms with van der Waals surface area (Å²) < 4.78 is 21.0. The van der Waals surface area contributed by atoms with E-state index < -0.39 is 91.3 Å². The first kappa shape index (κ1) is 65.7. The third kappa shape index (κ3) is 43.3. The number of ketones is 1. The van der Waals surface area contributed by atoms with Crippen molar-refractivity contribution in [1.29, 1.82) is 0 Å². The molecule has 23 heteroatoms. The Balaban J connectivity index is 4.85. The third-order valence-electron chi connectivity index (χ3n) is 10.8. The Hall–Kier alpha value is -5.26. The van der Waals surface area contributed by atoms with Gasteiger partial charge in [-0.2, -0.15) is 0 Å². The number of Topliss-reactive ketones (excluding diaryl/α,β-unsaturated/α-hetero) is 1. The first-order chi connectivity index (χ1) is 34.0. The number of rotatable bonds is 50. The molecule has 0 saturated heterocycles. The summed E-state index contributed by atoms with van der Waals surface area (Å²) in [5, 5.41) is 49.1. The molecule has 0 aromatic carbocycles. The Kier molecular flexibility index (Phi) is 41.4. The number of carbonyl (C=O) groups excluding carboxylic acids is 6. The van der Waals surface area contributed by atoms with Crippen LogP contribution in [0.5, 0.6) is 0 Å². The fourth-order valence-corrected chi connectivity index (χ4v) is 6.96. The molecule has 0 radical (unpaired) electrons. The second-order valence-electron chi connectivity index (χ2n) is 17.3. The van der Waals surface area contributed by atoms with Crippen molar-refractivity contribution in [3.63, 3.8) is 0 Å². The Morgan fingerprint density at radius 1 is 0.352 bits per heavy atom. The Morgan fingerprint density at radius 2 is 0.690 bits per heavy atom. The number of aliphatic carboxylic acids is 4. The number of nitrogens with one attached hydrogen (secondary N) is 5. The highest BCUT2D eigenvalue weighted by Crippen LogP contribution is 2.15. The van der Waals surface area contributed by atoms with Crippen LogP contribution in [0.25, 0.3) is 0 Å². The molecule has 71 heavy (non-hydrogen) atoms. The molecule has 0 aliphatic rings. The van der Waals surface area contributed by atoms with Gasteiger partial charge in [-0.05, 0) is 39.0 Å². The van der Waals surface area contributed by atoms with Crippen molar-refractivity contribution in [1.82, 2.24) is 26.6 Å². The van der Waals surface area contributed by atoms with Crippen LogP contribution in [-0.2, 0) is 66.9 Å². The Morgan fingerprint density at radius 3 is 1.10 bits per heavy atom. The van der Waals surface area contributed by atoms with Crippen LogP contribution in [0.15, 0.2) is 0 Å². The van der Waals surface area contributed by atoms with Crippen LogP contribution < -0.4 is 26.6 Å². The van der Waals surface area contributed by atoms with Crippen LogP contribution in [0.4, 0.5) is 0 Å². The second kappa shape index (κ2) is 44.7. The first-order valence-electron chi connectivity index (χ1n) is 25.1. The van der Waals surface area contributed by atoms with Crippen molar-refractivity contribution in [3.05, 3.63) is 0 Å². The van der Waals surface area contributed by atoms with Gasteiger partial charge in [-0.25, -0.2) is 0 Å². The summed E-state index contributed by atoms with van der Waals surface area (Å²) in [7, 11) is 0. The molecular formula is C48H83N5O18. The van der Waals surface area contributed by atoms with Gasteiger partial charge < -0.3 is 66.0 Å². The van der Waals surface area contributed by atoms with Crippen molar-refractivity contribution >= 4 is 59.2 Å². The monoisotopic (exact) mass is 1020 g/mol. The zero-order valence-electron chi connectivity index (χ0n) is 41.8. The van der Waals surface area contributed by atoms with Crippen LogP contribution in [0.1, 0.15) is 161 Å². The number of carboxylic acids is 4. The molecule has 0 saturated carbocycles. The van der Waals surface area contributed by atoms with Crippen LogP contribution in [0, 0.1) is 0 Å². The maximum Gasteiger partial charge on any atom is 0.303 e. The number of hydrogen-bond donors (Lipinski definition) is 9. The van der Waals surface area contributed by atoms with Crippen LogP contribution in [0.2, 0.25) is 0 Å². The SMILES string of the molecule is CC(=O)COCCOCCNC(=O)COCCOCCNC(=O)[C@H](CCC(=O)O)NC(=O)[C@H](CCC(=O)O)NC(=O)[C@H](CCC(=O)O)NC(=O)CCCCCCCCCCCCCCCCCCC(=O)O. The summed E-state index contributed by atoms with van der Waals surface area (Å²) in [6, 6.07) is -4.38. The van der Waals surface area contributed by atoms with Gasteiger partial charge in [-0.1, -0.05) is 89.9 Å². The van der Waals surface area contributed by atoms with Gasteiger partial charge in [-0.15, -0.1) is 0 Å². The van der Waals surface area contributed by atoms with Crippen molar-refractivity contribution < 1.29 is 87.3 Å². The molecule has 0 aliphatic carbocycles. The van der Waals surface area contributed by atoms with Gasteiger partial charge in [-0.3, -0.25) is 47.9 Å². The number of amides is 5. The molecule has 3 atom stereocenters. The second-order valence-corrected chi connectivity index (χ2v) is 17.3. The van der Waals surface area contributed by atoms with E-state index in [9.17, 15) is 63.3 Å². The van der Waals surface area contributed by atoms with Crippen molar-refractivity contribution in [2.45, 2.75) is 179 Å². The summed E-state index contributed by atoms with van der Waals surface area (Å²) in [6.07, 6.45) is 14.1. The van der Waals surface area contributed by atoms with E-state index in [0.717, 1.165) is 57.8 Å². The molecule has 0 bridgehead atoms. The molecule has 0 unspecified atom stereocenters. The first-order valence-corrected chi connectivity index (χ1v) is 25.1. The van der Waals surface area contributed by atoms with Gasteiger partial charge in [0.05, 0.1) is 39.6 Å². The Labute approximate surface area is 417 Å². The lowest BCUT2D eigenvalue weighted by atomic mass is 10.0. The van der Waals surface area contributed by atoms with Crippen LogP contribution >= 0.6 is 0 Å². The molecule has 9 N–H and O–H groups in total. The van der Waals surface area contributed by atoms with Crippen molar-refractivity contribution in [2.24, 2.45) is 0 Å². The van der Waals surface area contributed by atoms with E-state index in [2.05, 4.69) is 26.6 Å². The molecule has 0 spiro atoms. The van der Waals surface area contributed by atoms with Gasteiger partial charge >= 0.3 is 23.9 Å². The predicted molar refractivity (Wildman–Crippen MR) is 257 cm³/mol. The minimum Gasteiger partial charge on any atom is -0.481 e. The van der Waals surface area contributed by atoms with E-state index >= 15 is 0 Å². The van der Waals surface area contributed by atoms with Gasteiger partial charge in [0.15, 0.2) is 5.78 Å². The van der Waals surface area contributed by atoms with E-state index in [0.29, 0.717) is 6.42 Å². The average Bonchev–Trinajstić information content (AvgIpc) is 3.30. The van der Waals surface area contributed by atoms with Crippen molar-refractivity contribution in [2.75, 3.05) is 65.9 Å². The van der Waals surface area contributed by atoms with E-state index in [4.69, 9.17) is 24.1 Å². The lowest BCUT2D eigenvalue weighted by Crippen LogP contribution is -2.57. The largest absolute Gasteiger partial charge is 0.481 e. The normalized spacial score (nSPS) is 12.2. The number of unbranched alkanes of at least 4 members (excludes halogenated alkanes) is 15. The number of carbonyl (C=O) groups is 10. The Bertz CT molecular complexity index is 1570. The smallest absolute Gasteiger partial charge is 0.303 e. The topological polar surface area (TPSA) is 349 Å². The molecule has 0 heterocycles. The molecule has 0 aromatic heterocycles. The fourth-order valence-electron chi connectivity index (χ4n) is 6.96. The minimum atomic E-state index is -1.56. The highest BCUT2D eigenvalue weighted by atomic mass is 16.5. The number of hydrogen-bond acceptors (Lipinski definition) is 14. The summed E-state index contributed by atoms with van der Waals surface area (Å²) >= 11 is 0. The molecule has 0 rings (SSSR count). The molecule has 5 amide bonds. The zero-order chi connectivity index (χ0) is 52.9. The molecule has 0 aliphatic heterocycles. The molecule has 0 aromatic rings. The number of carboxylic acid groups (broad SMARTS) is 4. The maximum atomic E-state index is 13.5. The molecule has 23 nitrogen and oxygen atoms in total. The van der Waals surface area contributed by atoms with E-state index in [1.807, 2.05) is 0 Å². The third-order valence-corrected chi connectivity index (χ3v) is 10.8. The van der Waals surface area contributed by atoms with E-state index in [1.165, 1.54) is 45.4 Å². The molecular weight excluding hydrogens is 935 g/mol. The summed E-state index contributed by atoms with van der Waals surface area (Å²) in [5.74, 6) is -8.29. The zero-order valence-corrected chi connectivity index (χ0v) is 41.8. The van der Waals surface area contributed by atoms with Crippen LogP contribution in [0.3, 0.4) is 0 Å². The minimum absolute atomic E-state index is 0.00915. The quantitative estimate of drug-likeness (QED) is 0.0395. The molecule has 408 valence electrons.